The molecule has 4 rings (SSSR count). The Morgan fingerprint density at radius 1 is 1.23 bits per heavy atom. The molecular formula is C22H22FN3O4S. The van der Waals surface area contributed by atoms with E-state index >= 15 is 0 Å². The molecule has 162 valence electrons. The zero-order chi connectivity index (χ0) is 21.6. The van der Waals surface area contributed by atoms with E-state index in [0.717, 1.165) is 0 Å². The molecule has 0 unspecified atom stereocenters. The van der Waals surface area contributed by atoms with Gasteiger partial charge in [-0.2, -0.15) is 0 Å². The van der Waals surface area contributed by atoms with Gasteiger partial charge in [-0.25, -0.2) is 4.39 Å². The lowest BCUT2D eigenvalue weighted by molar-refractivity contribution is 0.0821. The van der Waals surface area contributed by atoms with Gasteiger partial charge in [-0.1, -0.05) is 30.0 Å². The van der Waals surface area contributed by atoms with Gasteiger partial charge in [0.1, 0.15) is 24.8 Å². The Morgan fingerprint density at radius 2 is 2.00 bits per heavy atom. The van der Waals surface area contributed by atoms with Crippen LogP contribution in [0.15, 0.2) is 66.3 Å². The minimum Gasteiger partial charge on any atom is -0.491 e. The maximum Gasteiger partial charge on any atom is 0.192 e. The van der Waals surface area contributed by atoms with Gasteiger partial charge in [0.2, 0.25) is 0 Å². The Kier molecular flexibility index (Phi) is 6.73. The van der Waals surface area contributed by atoms with E-state index in [2.05, 4.69) is 16.8 Å². The van der Waals surface area contributed by atoms with E-state index < -0.39 is 12.2 Å². The zero-order valence-corrected chi connectivity index (χ0v) is 17.5. The predicted octanol–water partition coefficient (Wildman–Crippen LogP) is 3.65. The molecule has 0 aliphatic carbocycles. The monoisotopic (exact) mass is 443 g/mol. The summed E-state index contributed by atoms with van der Waals surface area (Å²) in [6.07, 6.45) is 0.611. The fourth-order valence-electron chi connectivity index (χ4n) is 3.03. The highest BCUT2D eigenvalue weighted by atomic mass is 32.2. The Bertz CT molecular complexity index is 1030. The number of hydrogen-bond donors (Lipinski definition) is 1. The Balaban J connectivity index is 1.38. The summed E-state index contributed by atoms with van der Waals surface area (Å²) in [7, 11) is 0. The highest BCUT2D eigenvalue weighted by Crippen LogP contribution is 2.36. The molecular weight excluding hydrogens is 421 g/mol. The molecule has 0 saturated heterocycles. The minimum absolute atomic E-state index is 0.0808. The highest BCUT2D eigenvalue weighted by Gasteiger charge is 2.28. The van der Waals surface area contributed by atoms with E-state index in [-0.39, 0.29) is 12.4 Å². The van der Waals surface area contributed by atoms with Crippen LogP contribution in [0, 0.1) is 5.82 Å². The molecule has 0 spiro atoms. The number of aromatic nitrogens is 3. The third-order valence-electron chi connectivity index (χ3n) is 4.51. The van der Waals surface area contributed by atoms with Crippen molar-refractivity contribution in [2.45, 2.75) is 23.9 Å². The van der Waals surface area contributed by atoms with Crippen molar-refractivity contribution >= 4 is 11.8 Å². The van der Waals surface area contributed by atoms with Crippen molar-refractivity contribution in [3.05, 3.63) is 72.8 Å². The summed E-state index contributed by atoms with van der Waals surface area (Å²) >= 11 is 1.36. The van der Waals surface area contributed by atoms with Crippen LogP contribution in [0.4, 0.5) is 4.39 Å². The van der Waals surface area contributed by atoms with Crippen LogP contribution in [-0.2, 0) is 6.54 Å². The van der Waals surface area contributed by atoms with E-state index in [9.17, 15) is 9.50 Å². The molecule has 2 aromatic carbocycles. The van der Waals surface area contributed by atoms with Gasteiger partial charge in [0.05, 0.1) is 6.10 Å². The third-order valence-corrected chi connectivity index (χ3v) is 5.63. The number of rotatable bonds is 9. The smallest absolute Gasteiger partial charge is 0.192 e. The van der Waals surface area contributed by atoms with Gasteiger partial charge >= 0.3 is 0 Å². The van der Waals surface area contributed by atoms with Crippen LogP contribution in [0.3, 0.4) is 0 Å². The van der Waals surface area contributed by atoms with Gasteiger partial charge in [0.15, 0.2) is 28.6 Å². The molecule has 1 aliphatic heterocycles. The van der Waals surface area contributed by atoms with E-state index in [0.29, 0.717) is 47.1 Å². The van der Waals surface area contributed by atoms with E-state index in [4.69, 9.17) is 14.2 Å². The lowest BCUT2D eigenvalue weighted by atomic mass is 10.2. The van der Waals surface area contributed by atoms with Gasteiger partial charge in [-0.3, -0.25) is 4.57 Å². The average molecular weight is 444 g/mol. The molecule has 0 bridgehead atoms. The normalized spacial score (nSPS) is 16.0. The summed E-state index contributed by atoms with van der Waals surface area (Å²) in [5, 5.41) is 19.5. The van der Waals surface area contributed by atoms with Crippen LogP contribution in [0.1, 0.15) is 11.9 Å². The van der Waals surface area contributed by atoms with Crippen molar-refractivity contribution in [2.24, 2.45) is 0 Å². The van der Waals surface area contributed by atoms with E-state index in [1.54, 1.807) is 6.08 Å². The van der Waals surface area contributed by atoms with Crippen molar-refractivity contribution in [1.82, 2.24) is 14.8 Å². The number of thioether (sulfide) groups is 1. The van der Waals surface area contributed by atoms with Gasteiger partial charge in [0.25, 0.3) is 0 Å². The number of halogens is 1. The molecule has 3 aromatic rings. The standard InChI is InChI=1S/C22H22FN3O4S/c1-2-11-26-21(20-13-29-18-5-3-4-6-19(18)30-20)24-25-22(26)31-14-16(27)12-28-17-9-7-15(23)8-10-17/h2-10,16,20,27H,1,11-14H2/t16-,20-/m1/s1. The second kappa shape index (κ2) is 9.84. The van der Waals surface area contributed by atoms with Crippen LogP contribution >= 0.6 is 11.8 Å². The molecule has 1 N–H and O–H groups in total. The fraction of sp³-hybridized carbons (Fsp3) is 0.273. The van der Waals surface area contributed by atoms with Gasteiger partial charge in [-0.15, -0.1) is 16.8 Å². The summed E-state index contributed by atoms with van der Waals surface area (Å²) in [6, 6.07) is 13.1. The third kappa shape index (κ3) is 5.18. The Morgan fingerprint density at radius 3 is 2.77 bits per heavy atom. The minimum atomic E-state index is -0.742. The largest absolute Gasteiger partial charge is 0.491 e. The first kappa shape index (κ1) is 21.2. The molecule has 0 fully saturated rings. The molecule has 2 atom stereocenters. The number of nitrogens with zero attached hydrogens (tertiary/aromatic N) is 3. The Hall–Kier alpha value is -3.04. The summed E-state index contributed by atoms with van der Waals surface area (Å²) < 4.78 is 32.2. The molecule has 9 heteroatoms. The lowest BCUT2D eigenvalue weighted by Crippen LogP contribution is -2.25. The first-order valence-electron chi connectivity index (χ1n) is 9.75. The number of hydrogen-bond acceptors (Lipinski definition) is 7. The van der Waals surface area contributed by atoms with Crippen LogP contribution in [0.5, 0.6) is 17.2 Å². The number of aliphatic hydroxyl groups excluding tert-OH is 1. The lowest BCUT2D eigenvalue weighted by Gasteiger charge is -2.26. The molecule has 2 heterocycles. The highest BCUT2D eigenvalue weighted by molar-refractivity contribution is 7.99. The first-order chi connectivity index (χ1) is 15.1. The second-order valence-electron chi connectivity index (χ2n) is 6.83. The molecule has 0 radical (unpaired) electrons. The number of benzene rings is 2. The predicted molar refractivity (Wildman–Crippen MR) is 114 cm³/mol. The van der Waals surface area contributed by atoms with E-state index in [1.165, 1.54) is 36.0 Å². The first-order valence-corrected chi connectivity index (χ1v) is 10.7. The van der Waals surface area contributed by atoms with Gasteiger partial charge < -0.3 is 19.3 Å². The number of allylic oxidation sites excluding steroid dienone is 1. The summed E-state index contributed by atoms with van der Waals surface area (Å²) in [5.41, 5.74) is 0. The van der Waals surface area contributed by atoms with Crippen LogP contribution in [0.2, 0.25) is 0 Å². The number of para-hydroxylation sites is 2. The van der Waals surface area contributed by atoms with Crippen LogP contribution in [0.25, 0.3) is 0 Å². The molecule has 0 saturated carbocycles. The second-order valence-corrected chi connectivity index (χ2v) is 7.82. The van der Waals surface area contributed by atoms with Crippen LogP contribution in [-0.4, -0.2) is 44.9 Å². The van der Waals surface area contributed by atoms with E-state index in [1.807, 2.05) is 28.8 Å². The topological polar surface area (TPSA) is 78.6 Å². The van der Waals surface area contributed by atoms with Crippen molar-refractivity contribution in [3.8, 4) is 17.2 Å². The quantitative estimate of drug-likeness (QED) is 0.400. The van der Waals surface area contributed by atoms with Gasteiger partial charge in [-0.05, 0) is 36.4 Å². The summed E-state index contributed by atoms with van der Waals surface area (Å²) in [6.45, 7) is 4.71. The van der Waals surface area contributed by atoms with Crippen molar-refractivity contribution in [3.63, 3.8) is 0 Å². The van der Waals surface area contributed by atoms with Gasteiger partial charge in [0, 0.05) is 12.3 Å². The number of aliphatic hydroxyl groups is 1. The zero-order valence-electron chi connectivity index (χ0n) is 16.7. The molecule has 0 amide bonds. The maximum absolute atomic E-state index is 13.0. The van der Waals surface area contributed by atoms with Crippen molar-refractivity contribution < 1.29 is 23.7 Å². The average Bonchev–Trinajstić information content (AvgIpc) is 3.19. The maximum atomic E-state index is 13.0. The molecule has 1 aromatic heterocycles. The number of ether oxygens (including phenoxy) is 3. The molecule has 7 nitrogen and oxygen atoms in total. The summed E-state index contributed by atoms with van der Waals surface area (Å²) in [4.78, 5) is 0. The summed E-state index contributed by atoms with van der Waals surface area (Å²) in [5.74, 6) is 2.51. The molecule has 1 aliphatic rings. The Labute approximate surface area is 183 Å². The van der Waals surface area contributed by atoms with Crippen molar-refractivity contribution in [1.29, 1.82) is 0 Å². The fourth-order valence-corrected chi connectivity index (χ4v) is 3.89. The van der Waals surface area contributed by atoms with Crippen LogP contribution < -0.4 is 14.2 Å². The number of fused-ring (bicyclic) bond motifs is 1. The van der Waals surface area contributed by atoms with Crippen molar-refractivity contribution in [2.75, 3.05) is 19.0 Å². The SMILES string of the molecule is C=CCn1c(SC[C@H](O)COc2ccc(F)cc2)nnc1[C@H]1COc2ccccc2O1. The molecule has 31 heavy (non-hydrogen) atoms.